The van der Waals surface area contributed by atoms with Crippen molar-refractivity contribution in [2.45, 2.75) is 38.1 Å². The Labute approximate surface area is 126 Å². The molecule has 1 atom stereocenters. The summed E-state index contributed by atoms with van der Waals surface area (Å²) in [4.78, 5) is -0.665. The Morgan fingerprint density at radius 1 is 1.30 bits per heavy atom. The average Bonchev–Trinajstić information content (AvgIpc) is 2.30. The summed E-state index contributed by atoms with van der Waals surface area (Å²) in [6.45, 7) is 5.64. The summed E-state index contributed by atoms with van der Waals surface area (Å²) in [5, 5.41) is 0.600. The number of nitrogens with one attached hydrogen (secondary N) is 1. The second-order valence-electron chi connectivity index (χ2n) is 5.59. The minimum absolute atomic E-state index is 0.343. The standard InChI is InChI=1S/C13H18BrF2NO2S/c1-13(2,3)12(6-7-14)17-20(18,19)11-8-9(15)4-5-10(11)16/h4-5,8,12,17H,6-7H2,1-3H3. The number of halogens is 3. The molecule has 0 bridgehead atoms. The molecule has 1 N–H and O–H groups in total. The van der Waals surface area contributed by atoms with Gasteiger partial charge in [-0.25, -0.2) is 21.9 Å². The van der Waals surface area contributed by atoms with Gasteiger partial charge in [0.1, 0.15) is 16.5 Å². The Morgan fingerprint density at radius 3 is 2.40 bits per heavy atom. The smallest absolute Gasteiger partial charge is 0.207 e. The molecule has 0 saturated carbocycles. The largest absolute Gasteiger partial charge is 0.243 e. The topological polar surface area (TPSA) is 46.2 Å². The lowest BCUT2D eigenvalue weighted by Gasteiger charge is -2.30. The van der Waals surface area contributed by atoms with Crippen LogP contribution < -0.4 is 4.72 Å². The monoisotopic (exact) mass is 369 g/mol. The van der Waals surface area contributed by atoms with E-state index in [0.717, 1.165) is 12.1 Å². The summed E-state index contributed by atoms with van der Waals surface area (Å²) in [5.41, 5.74) is -0.343. The summed E-state index contributed by atoms with van der Waals surface area (Å²) < 4.78 is 53.6. The highest BCUT2D eigenvalue weighted by Gasteiger charge is 2.30. The quantitative estimate of drug-likeness (QED) is 0.808. The molecule has 0 fully saturated rings. The number of benzene rings is 1. The van der Waals surface area contributed by atoms with Gasteiger partial charge in [-0.15, -0.1) is 0 Å². The molecular weight excluding hydrogens is 352 g/mol. The molecular formula is C13H18BrF2NO2S. The highest BCUT2D eigenvalue weighted by molar-refractivity contribution is 9.09. The second kappa shape index (κ2) is 6.49. The maximum absolute atomic E-state index is 13.6. The number of sulfonamides is 1. The van der Waals surface area contributed by atoms with E-state index >= 15 is 0 Å². The van der Waals surface area contributed by atoms with E-state index in [2.05, 4.69) is 20.7 Å². The average molecular weight is 370 g/mol. The molecule has 0 aromatic heterocycles. The third kappa shape index (κ3) is 4.49. The fourth-order valence-corrected chi connectivity index (χ4v) is 3.73. The third-order valence-electron chi connectivity index (χ3n) is 2.92. The summed E-state index contributed by atoms with van der Waals surface area (Å²) in [6, 6.07) is 1.98. The minimum atomic E-state index is -4.10. The van der Waals surface area contributed by atoms with E-state index in [1.54, 1.807) is 0 Å². The van der Waals surface area contributed by atoms with Crippen molar-refractivity contribution in [1.82, 2.24) is 4.72 Å². The van der Waals surface area contributed by atoms with Crippen LogP contribution >= 0.6 is 15.9 Å². The van der Waals surface area contributed by atoms with Crippen LogP contribution in [0.15, 0.2) is 23.1 Å². The van der Waals surface area contributed by atoms with Crippen LogP contribution in [0.4, 0.5) is 8.78 Å². The Bertz CT molecular complexity index is 570. The fourth-order valence-electron chi connectivity index (χ4n) is 1.71. The van der Waals surface area contributed by atoms with Gasteiger partial charge in [-0.1, -0.05) is 36.7 Å². The van der Waals surface area contributed by atoms with Crippen LogP contribution in [-0.4, -0.2) is 19.8 Å². The first-order chi connectivity index (χ1) is 9.08. The van der Waals surface area contributed by atoms with E-state index in [-0.39, 0.29) is 5.41 Å². The van der Waals surface area contributed by atoms with Gasteiger partial charge in [-0.05, 0) is 30.0 Å². The van der Waals surface area contributed by atoms with Gasteiger partial charge in [-0.3, -0.25) is 0 Å². The lowest BCUT2D eigenvalue weighted by atomic mass is 9.86. The van der Waals surface area contributed by atoms with Crippen molar-refractivity contribution in [2.24, 2.45) is 5.41 Å². The summed E-state index contributed by atoms with van der Waals surface area (Å²) in [7, 11) is -4.10. The van der Waals surface area contributed by atoms with Crippen LogP contribution in [0.25, 0.3) is 0 Å². The molecule has 0 radical (unpaired) electrons. The molecule has 7 heteroatoms. The maximum atomic E-state index is 13.6. The van der Waals surface area contributed by atoms with Gasteiger partial charge in [0, 0.05) is 11.4 Å². The van der Waals surface area contributed by atoms with Crippen LogP contribution in [0, 0.1) is 17.0 Å². The zero-order valence-corrected chi connectivity index (χ0v) is 14.0. The van der Waals surface area contributed by atoms with E-state index in [1.807, 2.05) is 20.8 Å². The van der Waals surface area contributed by atoms with Crippen molar-refractivity contribution < 1.29 is 17.2 Å². The molecule has 1 aromatic carbocycles. The molecule has 20 heavy (non-hydrogen) atoms. The molecule has 0 spiro atoms. The van der Waals surface area contributed by atoms with E-state index in [9.17, 15) is 17.2 Å². The van der Waals surface area contributed by atoms with Crippen molar-refractivity contribution in [3.05, 3.63) is 29.8 Å². The summed E-state index contributed by atoms with van der Waals surface area (Å²) >= 11 is 3.26. The van der Waals surface area contributed by atoms with Crippen LogP contribution in [0.5, 0.6) is 0 Å². The van der Waals surface area contributed by atoms with Gasteiger partial charge in [0.25, 0.3) is 0 Å². The SMILES string of the molecule is CC(C)(C)C(CCBr)NS(=O)(=O)c1cc(F)ccc1F. The summed E-state index contributed by atoms with van der Waals surface area (Å²) in [5.74, 6) is -1.76. The fraction of sp³-hybridized carbons (Fsp3) is 0.538. The van der Waals surface area contributed by atoms with E-state index < -0.39 is 32.6 Å². The Hall–Kier alpha value is -0.530. The van der Waals surface area contributed by atoms with Crippen molar-refractivity contribution in [2.75, 3.05) is 5.33 Å². The molecule has 0 amide bonds. The zero-order chi connectivity index (χ0) is 15.6. The number of hydrogen-bond acceptors (Lipinski definition) is 2. The third-order valence-corrected chi connectivity index (χ3v) is 4.87. The molecule has 0 aliphatic heterocycles. The van der Waals surface area contributed by atoms with Crippen molar-refractivity contribution in [1.29, 1.82) is 0 Å². The van der Waals surface area contributed by atoms with Crippen LogP contribution in [0.2, 0.25) is 0 Å². The first kappa shape index (κ1) is 17.5. The highest BCUT2D eigenvalue weighted by Crippen LogP contribution is 2.25. The Morgan fingerprint density at radius 2 is 1.90 bits per heavy atom. The first-order valence-corrected chi connectivity index (χ1v) is 8.72. The molecule has 1 rings (SSSR count). The number of alkyl halides is 1. The van der Waals surface area contributed by atoms with E-state index in [0.29, 0.717) is 17.8 Å². The highest BCUT2D eigenvalue weighted by atomic mass is 79.9. The number of hydrogen-bond donors (Lipinski definition) is 1. The molecule has 1 aromatic rings. The molecule has 0 saturated heterocycles. The summed E-state index contributed by atoms with van der Waals surface area (Å²) in [6.07, 6.45) is 0.541. The van der Waals surface area contributed by atoms with E-state index in [1.165, 1.54) is 0 Å². The van der Waals surface area contributed by atoms with Gasteiger partial charge in [-0.2, -0.15) is 0 Å². The van der Waals surface area contributed by atoms with Crippen molar-refractivity contribution >= 4 is 26.0 Å². The van der Waals surface area contributed by atoms with Crippen LogP contribution in [-0.2, 0) is 10.0 Å². The molecule has 114 valence electrons. The van der Waals surface area contributed by atoms with Gasteiger partial charge >= 0.3 is 0 Å². The zero-order valence-electron chi connectivity index (χ0n) is 11.6. The van der Waals surface area contributed by atoms with Gasteiger partial charge in [0.2, 0.25) is 10.0 Å². The lowest BCUT2D eigenvalue weighted by molar-refractivity contribution is 0.293. The predicted octanol–water partition coefficient (Wildman–Crippen LogP) is 3.44. The van der Waals surface area contributed by atoms with Crippen molar-refractivity contribution in [3.63, 3.8) is 0 Å². The lowest BCUT2D eigenvalue weighted by Crippen LogP contribution is -2.44. The van der Waals surface area contributed by atoms with Crippen LogP contribution in [0.1, 0.15) is 27.2 Å². The molecule has 3 nitrogen and oxygen atoms in total. The van der Waals surface area contributed by atoms with Gasteiger partial charge in [0.15, 0.2) is 0 Å². The molecule has 0 aliphatic carbocycles. The second-order valence-corrected chi connectivity index (χ2v) is 8.07. The van der Waals surface area contributed by atoms with Crippen molar-refractivity contribution in [3.8, 4) is 0 Å². The van der Waals surface area contributed by atoms with E-state index in [4.69, 9.17) is 0 Å². The van der Waals surface area contributed by atoms with Crippen LogP contribution in [0.3, 0.4) is 0 Å². The predicted molar refractivity (Wildman–Crippen MR) is 78.3 cm³/mol. The molecule has 0 aliphatic rings. The maximum Gasteiger partial charge on any atom is 0.243 e. The first-order valence-electron chi connectivity index (χ1n) is 6.11. The molecule has 0 heterocycles. The minimum Gasteiger partial charge on any atom is -0.207 e. The molecule has 1 unspecified atom stereocenters. The Kier molecular flexibility index (Phi) is 5.69. The normalized spacial score (nSPS) is 14.3. The van der Waals surface area contributed by atoms with Gasteiger partial charge in [0.05, 0.1) is 0 Å². The number of rotatable bonds is 5. The van der Waals surface area contributed by atoms with Gasteiger partial charge < -0.3 is 0 Å². The Balaban J connectivity index is 3.13.